The van der Waals surface area contributed by atoms with Crippen molar-refractivity contribution in [3.63, 3.8) is 0 Å². The van der Waals surface area contributed by atoms with Gasteiger partial charge in [-0.3, -0.25) is 0 Å². The fraction of sp³-hybridized carbons (Fsp3) is 0.800. The topological polar surface area (TPSA) is 57.5 Å². The van der Waals surface area contributed by atoms with Gasteiger partial charge in [0.15, 0.2) is 0 Å². The van der Waals surface area contributed by atoms with Crippen LogP contribution in [0.1, 0.15) is 0 Å². The zero-order valence-electron chi connectivity index (χ0n) is 6.23. The van der Waals surface area contributed by atoms with Crippen molar-refractivity contribution in [2.24, 2.45) is 0 Å². The number of carboxylic acids is 1. The summed E-state index contributed by atoms with van der Waals surface area (Å²) in [5.74, 6) is -2.81. The predicted molar refractivity (Wildman–Crippen MR) is 29.5 cm³/mol. The monoisotopic (exact) mass is 226 g/mol. The molecule has 2 unspecified atom stereocenters. The maximum absolute atomic E-state index is 12.3. The van der Waals surface area contributed by atoms with Crippen LogP contribution in [0.5, 0.6) is 0 Å². The Morgan fingerprint density at radius 1 is 1.14 bits per heavy atom. The fourth-order valence-corrected chi connectivity index (χ4v) is 0.566. The van der Waals surface area contributed by atoms with Crippen molar-refractivity contribution in [2.75, 3.05) is 0 Å². The second-order valence-corrected chi connectivity index (χ2v) is 2.32. The van der Waals surface area contributed by atoms with E-state index in [0.29, 0.717) is 0 Å². The molecular formula is C5H4F6O3. The van der Waals surface area contributed by atoms with Crippen LogP contribution < -0.4 is 0 Å². The molecule has 0 radical (unpaired) electrons. The molecule has 0 aromatic heterocycles. The van der Waals surface area contributed by atoms with Crippen LogP contribution in [0.15, 0.2) is 0 Å². The number of hydrogen-bond donors (Lipinski definition) is 2. The first-order chi connectivity index (χ1) is 6.05. The number of alkyl halides is 6. The lowest BCUT2D eigenvalue weighted by Crippen LogP contribution is -2.60. The number of aliphatic hydroxyl groups is 1. The Labute approximate surface area is 72.9 Å². The summed E-state index contributed by atoms with van der Waals surface area (Å²) >= 11 is 0. The smallest absolute Gasteiger partial charge is 0.426 e. The molecule has 0 aromatic rings. The van der Waals surface area contributed by atoms with E-state index in [4.69, 9.17) is 10.2 Å². The van der Waals surface area contributed by atoms with Gasteiger partial charge < -0.3 is 10.2 Å². The Balaban J connectivity index is 5.22. The normalized spacial score (nSPS) is 19.1. The van der Waals surface area contributed by atoms with Crippen LogP contribution in [-0.4, -0.2) is 40.6 Å². The van der Waals surface area contributed by atoms with Gasteiger partial charge in [0, 0.05) is 0 Å². The van der Waals surface area contributed by atoms with E-state index < -0.39 is 30.3 Å². The number of rotatable bonds is 3. The summed E-state index contributed by atoms with van der Waals surface area (Å²) < 4.78 is 70.9. The van der Waals surface area contributed by atoms with Crippen LogP contribution in [0.25, 0.3) is 0 Å². The van der Waals surface area contributed by atoms with E-state index >= 15 is 0 Å². The lowest BCUT2D eigenvalue weighted by molar-refractivity contribution is -0.315. The highest BCUT2D eigenvalue weighted by Crippen LogP contribution is 2.39. The molecule has 0 amide bonds. The minimum absolute atomic E-state index is 2.81. The first-order valence-electron chi connectivity index (χ1n) is 2.99. The molecule has 2 atom stereocenters. The van der Waals surface area contributed by atoms with Crippen molar-refractivity contribution < 1.29 is 41.4 Å². The van der Waals surface area contributed by atoms with E-state index in [0.717, 1.165) is 0 Å². The van der Waals surface area contributed by atoms with Gasteiger partial charge in [0.25, 0.3) is 12.0 Å². The van der Waals surface area contributed by atoms with Gasteiger partial charge in [-0.1, -0.05) is 0 Å². The zero-order chi connectivity index (χ0) is 11.7. The first-order valence-corrected chi connectivity index (χ1v) is 2.99. The van der Waals surface area contributed by atoms with Crippen molar-refractivity contribution in [1.82, 2.24) is 0 Å². The Hall–Kier alpha value is -0.990. The Morgan fingerprint density at radius 3 is 1.57 bits per heavy atom. The van der Waals surface area contributed by atoms with Crippen LogP contribution in [0.3, 0.4) is 0 Å². The van der Waals surface area contributed by atoms with Crippen molar-refractivity contribution in [1.29, 1.82) is 0 Å². The number of halogens is 6. The third-order valence-corrected chi connectivity index (χ3v) is 1.39. The van der Waals surface area contributed by atoms with Gasteiger partial charge in [-0.2, -0.15) is 13.2 Å². The molecule has 0 rings (SSSR count). The molecule has 0 saturated carbocycles. The van der Waals surface area contributed by atoms with E-state index in [9.17, 15) is 31.1 Å². The van der Waals surface area contributed by atoms with Gasteiger partial charge in [0.2, 0.25) is 6.17 Å². The molecule has 0 fully saturated rings. The van der Waals surface area contributed by atoms with Crippen LogP contribution in [-0.2, 0) is 4.79 Å². The molecule has 0 saturated heterocycles. The van der Waals surface area contributed by atoms with Gasteiger partial charge in [0.05, 0.1) is 0 Å². The summed E-state index contributed by atoms with van der Waals surface area (Å²) in [4.78, 5) is 9.73. The SMILES string of the molecule is O=C(O)C(F)C(O)(C(F)F)C(F)(F)F. The van der Waals surface area contributed by atoms with E-state index in [1.54, 1.807) is 0 Å². The average molecular weight is 226 g/mol. The number of hydrogen-bond acceptors (Lipinski definition) is 2. The molecule has 0 bridgehead atoms. The minimum atomic E-state index is -6.07. The summed E-state index contributed by atoms with van der Waals surface area (Å²) in [7, 11) is 0. The Bertz CT molecular complexity index is 226. The largest absolute Gasteiger partial charge is 0.479 e. The predicted octanol–water partition coefficient (Wildman–Crippen LogP) is 0.968. The molecule has 2 N–H and O–H groups in total. The molecule has 14 heavy (non-hydrogen) atoms. The van der Waals surface area contributed by atoms with Gasteiger partial charge >= 0.3 is 12.1 Å². The molecular weight excluding hydrogens is 222 g/mol. The van der Waals surface area contributed by atoms with E-state index in [2.05, 4.69) is 0 Å². The van der Waals surface area contributed by atoms with Crippen molar-refractivity contribution >= 4 is 5.97 Å². The second-order valence-electron chi connectivity index (χ2n) is 2.32. The molecule has 3 nitrogen and oxygen atoms in total. The van der Waals surface area contributed by atoms with Crippen LogP contribution >= 0.6 is 0 Å². The molecule has 0 spiro atoms. The fourth-order valence-electron chi connectivity index (χ4n) is 0.566. The Morgan fingerprint density at radius 2 is 1.50 bits per heavy atom. The van der Waals surface area contributed by atoms with Crippen LogP contribution in [0.4, 0.5) is 26.3 Å². The lowest BCUT2D eigenvalue weighted by Gasteiger charge is -2.30. The lowest BCUT2D eigenvalue weighted by atomic mass is 9.98. The molecule has 0 aliphatic rings. The molecule has 84 valence electrons. The van der Waals surface area contributed by atoms with Gasteiger partial charge in [-0.05, 0) is 0 Å². The standard InChI is InChI=1S/C5H4F6O3/c6-1(2(12)13)4(14,3(7)8)5(9,10)11/h1,3,14H,(H,12,13). The highest BCUT2D eigenvalue weighted by atomic mass is 19.4. The molecule has 0 heterocycles. The van der Waals surface area contributed by atoms with E-state index in [1.165, 1.54) is 0 Å². The number of carbonyl (C=O) groups is 1. The second kappa shape index (κ2) is 3.64. The third kappa shape index (κ3) is 1.91. The maximum atomic E-state index is 12.3. The van der Waals surface area contributed by atoms with Crippen LogP contribution in [0.2, 0.25) is 0 Å². The number of aliphatic carboxylic acids is 1. The van der Waals surface area contributed by atoms with E-state index in [1.807, 2.05) is 0 Å². The summed E-state index contributed by atoms with van der Waals surface area (Å²) in [5, 5.41) is 16.0. The molecule has 0 aliphatic heterocycles. The van der Waals surface area contributed by atoms with Gasteiger partial charge in [-0.15, -0.1) is 0 Å². The molecule has 0 aromatic carbocycles. The Kier molecular flexibility index (Phi) is 3.38. The van der Waals surface area contributed by atoms with Crippen molar-refractivity contribution in [3.05, 3.63) is 0 Å². The maximum Gasteiger partial charge on any atom is 0.426 e. The minimum Gasteiger partial charge on any atom is -0.479 e. The van der Waals surface area contributed by atoms with Gasteiger partial charge in [-0.25, -0.2) is 18.0 Å². The summed E-state index contributed by atoms with van der Waals surface area (Å²) in [6, 6.07) is 0. The van der Waals surface area contributed by atoms with Crippen molar-refractivity contribution in [2.45, 2.75) is 24.4 Å². The van der Waals surface area contributed by atoms with Crippen molar-refractivity contribution in [3.8, 4) is 0 Å². The number of carboxylic acid groups (broad SMARTS) is 1. The molecule has 0 aliphatic carbocycles. The summed E-state index contributed by atoms with van der Waals surface area (Å²) in [6.45, 7) is 0. The highest BCUT2D eigenvalue weighted by molar-refractivity contribution is 5.74. The summed E-state index contributed by atoms with van der Waals surface area (Å²) in [6.07, 6.45) is -14.8. The first kappa shape index (κ1) is 13.0. The highest BCUT2D eigenvalue weighted by Gasteiger charge is 2.68. The summed E-state index contributed by atoms with van der Waals surface area (Å²) in [5.41, 5.74) is -5.18. The van der Waals surface area contributed by atoms with Crippen LogP contribution in [0, 0.1) is 0 Å². The van der Waals surface area contributed by atoms with Gasteiger partial charge in [0.1, 0.15) is 0 Å². The zero-order valence-corrected chi connectivity index (χ0v) is 6.23. The average Bonchev–Trinajstić information content (AvgIpc) is 1.98. The quantitative estimate of drug-likeness (QED) is 0.705. The third-order valence-electron chi connectivity index (χ3n) is 1.39. The molecule has 9 heteroatoms. The van der Waals surface area contributed by atoms with E-state index in [-0.39, 0.29) is 0 Å².